The Morgan fingerprint density at radius 1 is 0.895 bits per heavy atom. The van der Waals surface area contributed by atoms with E-state index in [4.69, 9.17) is 5.26 Å². The molecule has 1 rings (SSSR count). The van der Waals surface area contributed by atoms with Gasteiger partial charge in [-0.25, -0.2) is 17.6 Å². The van der Waals surface area contributed by atoms with E-state index in [0.29, 0.717) is 0 Å². The third-order valence-corrected chi connectivity index (χ3v) is 2.78. The van der Waals surface area contributed by atoms with Gasteiger partial charge in [-0.1, -0.05) is 0 Å². The molecule has 0 aliphatic heterocycles. The zero-order valence-electron chi connectivity index (χ0n) is 10.1. The molecule has 2 atom stereocenters. The quantitative estimate of drug-likeness (QED) is 0.655. The Kier molecular flexibility index (Phi) is 4.50. The first-order valence-electron chi connectivity index (χ1n) is 5.36. The van der Waals surface area contributed by atoms with Crippen LogP contribution in [0, 0.1) is 34.6 Å². The van der Waals surface area contributed by atoms with E-state index < -0.39 is 52.5 Å². The number of hydrogen-bond acceptors (Lipinski definition) is 3. The summed E-state index contributed by atoms with van der Waals surface area (Å²) < 4.78 is 54.3. The van der Waals surface area contributed by atoms with Crippen molar-refractivity contribution in [1.82, 2.24) is 0 Å². The molecule has 104 valence electrons. The Morgan fingerprint density at radius 3 is 1.53 bits per heavy atom. The fraction of sp³-hybridized carbons (Fsp3) is 0.417. The van der Waals surface area contributed by atoms with Gasteiger partial charge in [0.2, 0.25) is 0 Å². The summed E-state index contributed by atoms with van der Waals surface area (Å²) in [4.78, 5) is 0. The first-order valence-corrected chi connectivity index (χ1v) is 5.36. The van der Waals surface area contributed by atoms with E-state index in [-0.39, 0.29) is 0 Å². The van der Waals surface area contributed by atoms with Crippen LogP contribution >= 0.6 is 0 Å². The van der Waals surface area contributed by atoms with Crippen LogP contribution in [0.1, 0.15) is 30.9 Å². The highest BCUT2D eigenvalue weighted by Crippen LogP contribution is 2.33. The Balaban J connectivity index is 3.67. The number of halogens is 4. The van der Waals surface area contributed by atoms with Gasteiger partial charge in [0.1, 0.15) is 11.6 Å². The molecule has 7 heteroatoms. The van der Waals surface area contributed by atoms with E-state index in [2.05, 4.69) is 0 Å². The molecule has 0 heterocycles. The molecule has 0 aliphatic rings. The van der Waals surface area contributed by atoms with Gasteiger partial charge in [-0.3, -0.25) is 0 Å². The molecule has 1 aromatic carbocycles. The molecule has 0 saturated heterocycles. The molecule has 0 amide bonds. The Hall–Kier alpha value is -1.65. The number of nitrogens with zero attached hydrogens (tertiary/aromatic N) is 1. The predicted molar refractivity (Wildman–Crippen MR) is 57.1 cm³/mol. The van der Waals surface area contributed by atoms with Gasteiger partial charge in [-0.15, -0.1) is 0 Å². The number of aliphatic hydroxyl groups excluding tert-OH is 2. The minimum Gasteiger partial charge on any atom is -0.393 e. The van der Waals surface area contributed by atoms with Crippen LogP contribution in [-0.4, -0.2) is 22.4 Å². The number of hydrogen-bond donors (Lipinski definition) is 2. The molecule has 0 bridgehead atoms. The molecule has 3 nitrogen and oxygen atoms in total. The lowest BCUT2D eigenvalue weighted by Gasteiger charge is -2.24. The maximum atomic E-state index is 13.7. The maximum absolute atomic E-state index is 13.7. The molecule has 19 heavy (non-hydrogen) atoms. The van der Waals surface area contributed by atoms with Crippen LogP contribution in [-0.2, 0) is 0 Å². The highest BCUT2D eigenvalue weighted by Gasteiger charge is 2.34. The minimum absolute atomic E-state index is 1.01. The largest absolute Gasteiger partial charge is 0.393 e. The number of benzene rings is 1. The summed E-state index contributed by atoms with van der Waals surface area (Å²) in [5, 5.41) is 27.2. The van der Waals surface area contributed by atoms with E-state index >= 15 is 0 Å². The molecule has 0 radical (unpaired) electrons. The van der Waals surface area contributed by atoms with Crippen molar-refractivity contribution in [1.29, 1.82) is 5.26 Å². The normalized spacial score (nSPS) is 15.7. The Morgan fingerprint density at radius 2 is 1.26 bits per heavy atom. The summed E-state index contributed by atoms with van der Waals surface area (Å²) in [7, 11) is 0. The first-order chi connectivity index (χ1) is 8.73. The molecular weight excluding hydrogens is 266 g/mol. The minimum atomic E-state index is -1.84. The van der Waals surface area contributed by atoms with Crippen LogP contribution in [0.25, 0.3) is 0 Å². The van der Waals surface area contributed by atoms with E-state index in [1.54, 1.807) is 0 Å². The van der Waals surface area contributed by atoms with Crippen molar-refractivity contribution in [2.24, 2.45) is 0 Å². The van der Waals surface area contributed by atoms with Crippen LogP contribution in [0.2, 0.25) is 0 Å². The molecule has 0 aromatic heterocycles. The van der Waals surface area contributed by atoms with Crippen LogP contribution < -0.4 is 0 Å². The lowest BCUT2D eigenvalue weighted by atomic mass is 9.88. The van der Waals surface area contributed by atoms with Crippen LogP contribution in [0.5, 0.6) is 0 Å². The second-order valence-corrected chi connectivity index (χ2v) is 4.16. The zero-order chi connectivity index (χ0) is 14.9. The van der Waals surface area contributed by atoms with Crippen LogP contribution in [0.15, 0.2) is 0 Å². The summed E-state index contributed by atoms with van der Waals surface area (Å²) in [5.74, 6) is -8.83. The monoisotopic (exact) mass is 277 g/mol. The van der Waals surface area contributed by atoms with Crippen molar-refractivity contribution in [3.05, 3.63) is 34.4 Å². The van der Waals surface area contributed by atoms with E-state index in [1.165, 1.54) is 0 Å². The average molecular weight is 277 g/mol. The van der Waals surface area contributed by atoms with Gasteiger partial charge in [0.05, 0.1) is 12.2 Å². The molecular formula is C12H11F4NO2. The number of nitriles is 1. The van der Waals surface area contributed by atoms with Gasteiger partial charge >= 0.3 is 0 Å². The average Bonchev–Trinajstić information content (AvgIpc) is 2.31. The van der Waals surface area contributed by atoms with Gasteiger partial charge in [0, 0.05) is 11.5 Å². The molecule has 0 aliphatic carbocycles. The summed E-state index contributed by atoms with van der Waals surface area (Å²) in [5.41, 5.74) is -2.49. The Bertz CT molecular complexity index is 501. The second kappa shape index (κ2) is 5.55. The van der Waals surface area contributed by atoms with Crippen molar-refractivity contribution in [3.8, 4) is 6.07 Å². The standard InChI is InChI=1S/C12H11F4NO2/c1-4(18)7(5(2)19)8-11(15)9(13)6(3-17)10(14)12(8)16/h4-5,7,18-19H,1-2H3. The van der Waals surface area contributed by atoms with Crippen molar-refractivity contribution >= 4 is 0 Å². The van der Waals surface area contributed by atoms with Gasteiger partial charge in [-0.2, -0.15) is 5.26 Å². The third-order valence-electron chi connectivity index (χ3n) is 2.78. The fourth-order valence-corrected chi connectivity index (χ4v) is 1.92. The van der Waals surface area contributed by atoms with E-state index in [9.17, 15) is 27.8 Å². The van der Waals surface area contributed by atoms with E-state index in [1.807, 2.05) is 0 Å². The summed E-state index contributed by atoms with van der Waals surface area (Å²) in [6, 6.07) is 1.01. The summed E-state index contributed by atoms with van der Waals surface area (Å²) in [6.45, 7) is 2.23. The molecule has 1 aromatic rings. The molecule has 2 N–H and O–H groups in total. The molecule has 2 unspecified atom stereocenters. The lowest BCUT2D eigenvalue weighted by molar-refractivity contribution is 0.0686. The number of rotatable bonds is 3. The highest BCUT2D eigenvalue weighted by molar-refractivity contribution is 5.39. The second-order valence-electron chi connectivity index (χ2n) is 4.16. The van der Waals surface area contributed by atoms with Gasteiger partial charge < -0.3 is 10.2 Å². The first kappa shape index (κ1) is 15.4. The van der Waals surface area contributed by atoms with Gasteiger partial charge in [-0.05, 0) is 13.8 Å². The van der Waals surface area contributed by atoms with Crippen molar-refractivity contribution in [2.45, 2.75) is 32.0 Å². The van der Waals surface area contributed by atoms with Crippen molar-refractivity contribution in [2.75, 3.05) is 0 Å². The smallest absolute Gasteiger partial charge is 0.180 e. The Labute approximate surface area is 106 Å². The van der Waals surface area contributed by atoms with E-state index in [0.717, 1.165) is 19.9 Å². The lowest BCUT2D eigenvalue weighted by Crippen LogP contribution is -2.28. The van der Waals surface area contributed by atoms with Gasteiger partial charge in [0.15, 0.2) is 23.3 Å². The summed E-state index contributed by atoms with van der Waals surface area (Å²) >= 11 is 0. The van der Waals surface area contributed by atoms with Crippen LogP contribution in [0.4, 0.5) is 17.6 Å². The molecule has 0 fully saturated rings. The molecule has 0 spiro atoms. The third kappa shape index (κ3) is 2.55. The van der Waals surface area contributed by atoms with Crippen LogP contribution in [0.3, 0.4) is 0 Å². The van der Waals surface area contributed by atoms with Crippen molar-refractivity contribution in [3.63, 3.8) is 0 Å². The zero-order valence-corrected chi connectivity index (χ0v) is 10.1. The van der Waals surface area contributed by atoms with Gasteiger partial charge in [0.25, 0.3) is 0 Å². The maximum Gasteiger partial charge on any atom is 0.180 e. The SMILES string of the molecule is CC(O)C(c1c(F)c(F)c(C#N)c(F)c1F)C(C)O. The summed E-state index contributed by atoms with van der Waals surface area (Å²) in [6.07, 6.45) is -2.90. The van der Waals surface area contributed by atoms with Crippen molar-refractivity contribution < 1.29 is 27.8 Å². The highest BCUT2D eigenvalue weighted by atomic mass is 19.2. The molecule has 0 saturated carbocycles. The topological polar surface area (TPSA) is 64.2 Å². The predicted octanol–water partition coefficient (Wildman–Crippen LogP) is 1.96. The number of aliphatic hydroxyl groups is 2. The fourth-order valence-electron chi connectivity index (χ4n) is 1.92.